The number of hydrogen-bond donors (Lipinski definition) is 0. The van der Waals surface area contributed by atoms with Crippen LogP contribution in [-0.4, -0.2) is 38.6 Å². The highest BCUT2D eigenvalue weighted by atomic mass is 28.4. The summed E-state index contributed by atoms with van der Waals surface area (Å²) in [7, 11) is -0.238. The smallest absolute Gasteiger partial charge is 0.256 e. The highest BCUT2D eigenvalue weighted by molar-refractivity contribution is 6.74. The van der Waals surface area contributed by atoms with Crippen LogP contribution in [-0.2, 0) is 4.43 Å². The van der Waals surface area contributed by atoms with E-state index in [-0.39, 0.29) is 5.04 Å². The van der Waals surface area contributed by atoms with Gasteiger partial charge in [-0.1, -0.05) is 34.3 Å². The number of nitrogens with zero attached hydrogens (tertiary/aromatic N) is 2. The SMILES string of the molecule is C=C(CO[Si](C)(C)C(C)(C)C)c1cncc(-c2cnc(OC)c(OCCC)c2)c1. The molecule has 0 aliphatic carbocycles. The zero-order valence-electron chi connectivity index (χ0n) is 18.8. The minimum Gasteiger partial charge on any atom is -0.488 e. The molecular weight excluding hydrogens is 380 g/mol. The van der Waals surface area contributed by atoms with Crippen molar-refractivity contribution in [3.05, 3.63) is 42.9 Å². The molecule has 0 radical (unpaired) electrons. The Labute approximate surface area is 176 Å². The molecule has 0 atom stereocenters. The van der Waals surface area contributed by atoms with Crippen molar-refractivity contribution in [1.29, 1.82) is 0 Å². The molecule has 2 rings (SSSR count). The van der Waals surface area contributed by atoms with E-state index in [1.165, 1.54) is 0 Å². The number of ether oxygens (including phenoxy) is 2. The molecule has 0 aliphatic heterocycles. The Balaban J connectivity index is 2.22. The fraction of sp³-hybridized carbons (Fsp3) is 0.478. The molecule has 29 heavy (non-hydrogen) atoms. The molecule has 0 saturated heterocycles. The maximum absolute atomic E-state index is 6.31. The van der Waals surface area contributed by atoms with Gasteiger partial charge in [-0.25, -0.2) is 4.98 Å². The minimum atomic E-state index is -1.83. The van der Waals surface area contributed by atoms with Crippen LogP contribution in [0.3, 0.4) is 0 Å². The molecule has 0 unspecified atom stereocenters. The normalized spacial score (nSPS) is 12.0. The third-order valence-corrected chi connectivity index (χ3v) is 9.84. The lowest BCUT2D eigenvalue weighted by Gasteiger charge is -2.36. The Morgan fingerprint density at radius 1 is 1.10 bits per heavy atom. The molecule has 2 aromatic heterocycles. The summed E-state index contributed by atoms with van der Waals surface area (Å²) in [5, 5.41) is 0.164. The van der Waals surface area contributed by atoms with Crippen LogP contribution < -0.4 is 9.47 Å². The van der Waals surface area contributed by atoms with Crippen molar-refractivity contribution < 1.29 is 13.9 Å². The average Bonchev–Trinajstić information content (AvgIpc) is 2.69. The number of methoxy groups -OCH3 is 1. The number of rotatable bonds is 9. The van der Waals surface area contributed by atoms with E-state index in [9.17, 15) is 0 Å². The van der Waals surface area contributed by atoms with Gasteiger partial charge in [-0.05, 0) is 47.8 Å². The van der Waals surface area contributed by atoms with E-state index in [0.717, 1.165) is 28.7 Å². The molecule has 0 amide bonds. The highest BCUT2D eigenvalue weighted by Crippen LogP contribution is 2.37. The summed E-state index contributed by atoms with van der Waals surface area (Å²) in [5.74, 6) is 1.12. The monoisotopic (exact) mass is 414 g/mol. The number of aromatic nitrogens is 2. The van der Waals surface area contributed by atoms with Crippen LogP contribution in [0.2, 0.25) is 18.1 Å². The average molecular weight is 415 g/mol. The van der Waals surface area contributed by atoms with Crippen molar-refractivity contribution in [2.45, 2.75) is 52.2 Å². The van der Waals surface area contributed by atoms with Crippen molar-refractivity contribution >= 4 is 13.9 Å². The molecular formula is C23H34N2O3Si. The predicted molar refractivity (Wildman–Crippen MR) is 122 cm³/mol. The minimum absolute atomic E-state index is 0.164. The lowest BCUT2D eigenvalue weighted by atomic mass is 10.0. The predicted octanol–water partition coefficient (Wildman–Crippen LogP) is 5.98. The van der Waals surface area contributed by atoms with Crippen LogP contribution in [0.4, 0.5) is 0 Å². The summed E-state index contributed by atoms with van der Waals surface area (Å²) in [6.07, 6.45) is 6.33. The van der Waals surface area contributed by atoms with Gasteiger partial charge in [-0.3, -0.25) is 4.98 Å². The highest BCUT2D eigenvalue weighted by Gasteiger charge is 2.37. The maximum atomic E-state index is 6.31. The number of pyridine rings is 2. The fourth-order valence-corrected chi connectivity index (χ4v) is 3.39. The van der Waals surface area contributed by atoms with Gasteiger partial charge in [0.15, 0.2) is 14.1 Å². The second-order valence-electron chi connectivity index (χ2n) is 8.69. The lowest BCUT2D eigenvalue weighted by molar-refractivity contribution is 0.289. The standard InChI is InChI=1S/C23H34N2O3Si/c1-9-10-27-21-12-20(15-25-22(21)26-6)19-11-18(13-24-14-19)17(2)16-28-29(7,8)23(3,4)5/h11-15H,2,9-10,16H2,1,3-8H3. The Morgan fingerprint density at radius 3 is 2.41 bits per heavy atom. The van der Waals surface area contributed by atoms with E-state index in [0.29, 0.717) is 24.8 Å². The van der Waals surface area contributed by atoms with Gasteiger partial charge in [0.1, 0.15) is 0 Å². The van der Waals surface area contributed by atoms with E-state index in [1.807, 2.05) is 18.5 Å². The van der Waals surface area contributed by atoms with Crippen molar-refractivity contribution in [3.63, 3.8) is 0 Å². The third-order valence-electron chi connectivity index (χ3n) is 5.37. The molecule has 2 heterocycles. The van der Waals surface area contributed by atoms with Gasteiger partial charge in [0, 0.05) is 29.7 Å². The first-order valence-corrected chi connectivity index (χ1v) is 12.9. The quantitative estimate of drug-likeness (QED) is 0.473. The molecule has 158 valence electrons. The van der Waals surface area contributed by atoms with Gasteiger partial charge >= 0.3 is 0 Å². The van der Waals surface area contributed by atoms with Crippen LogP contribution in [0.5, 0.6) is 11.6 Å². The summed E-state index contributed by atoms with van der Waals surface area (Å²) in [5.41, 5.74) is 3.76. The molecule has 0 saturated carbocycles. The zero-order chi connectivity index (χ0) is 21.7. The van der Waals surface area contributed by atoms with Crippen LogP contribution in [0.25, 0.3) is 16.7 Å². The Bertz CT molecular complexity index is 844. The largest absolute Gasteiger partial charge is 0.488 e. The van der Waals surface area contributed by atoms with Crippen molar-refractivity contribution in [2.24, 2.45) is 0 Å². The van der Waals surface area contributed by atoms with Gasteiger partial charge < -0.3 is 13.9 Å². The van der Waals surface area contributed by atoms with E-state index < -0.39 is 8.32 Å². The van der Waals surface area contributed by atoms with Crippen molar-refractivity contribution in [3.8, 4) is 22.8 Å². The Kier molecular flexibility index (Phi) is 7.60. The Hall–Kier alpha value is -2.18. The fourth-order valence-electron chi connectivity index (χ4n) is 2.42. The van der Waals surface area contributed by atoms with Gasteiger partial charge in [0.2, 0.25) is 0 Å². The first kappa shape index (κ1) is 23.1. The van der Waals surface area contributed by atoms with E-state index >= 15 is 0 Å². The van der Waals surface area contributed by atoms with Crippen LogP contribution in [0, 0.1) is 0 Å². The van der Waals surface area contributed by atoms with Crippen molar-refractivity contribution in [2.75, 3.05) is 20.3 Å². The van der Waals surface area contributed by atoms with Gasteiger partial charge in [-0.15, -0.1) is 0 Å². The Morgan fingerprint density at radius 2 is 1.79 bits per heavy atom. The third kappa shape index (κ3) is 5.90. The molecule has 0 spiro atoms. The van der Waals surface area contributed by atoms with E-state index in [2.05, 4.69) is 63.4 Å². The molecule has 0 aliphatic rings. The molecule has 0 N–H and O–H groups in total. The maximum Gasteiger partial charge on any atom is 0.256 e. The topological polar surface area (TPSA) is 53.5 Å². The first-order chi connectivity index (χ1) is 13.6. The van der Waals surface area contributed by atoms with Crippen LogP contribution in [0.1, 0.15) is 39.7 Å². The van der Waals surface area contributed by atoms with Gasteiger partial charge in [-0.2, -0.15) is 0 Å². The summed E-state index contributed by atoms with van der Waals surface area (Å²) in [6, 6.07) is 4.01. The second kappa shape index (κ2) is 9.54. The molecule has 2 aromatic rings. The first-order valence-electron chi connectivity index (χ1n) is 10.0. The second-order valence-corrected chi connectivity index (χ2v) is 13.5. The molecule has 6 heteroatoms. The zero-order valence-corrected chi connectivity index (χ0v) is 19.8. The lowest BCUT2D eigenvalue weighted by Crippen LogP contribution is -2.41. The molecule has 5 nitrogen and oxygen atoms in total. The van der Waals surface area contributed by atoms with E-state index in [1.54, 1.807) is 13.3 Å². The summed E-state index contributed by atoms with van der Waals surface area (Å²) < 4.78 is 17.4. The summed E-state index contributed by atoms with van der Waals surface area (Å²) in [6.45, 7) is 18.6. The molecule has 0 aromatic carbocycles. The molecule has 0 bridgehead atoms. The molecule has 0 fully saturated rings. The van der Waals surface area contributed by atoms with Crippen LogP contribution >= 0.6 is 0 Å². The van der Waals surface area contributed by atoms with Crippen molar-refractivity contribution in [1.82, 2.24) is 9.97 Å². The number of hydrogen-bond acceptors (Lipinski definition) is 5. The summed E-state index contributed by atoms with van der Waals surface area (Å²) in [4.78, 5) is 8.78. The summed E-state index contributed by atoms with van der Waals surface area (Å²) >= 11 is 0. The van der Waals surface area contributed by atoms with Crippen LogP contribution in [0.15, 0.2) is 37.3 Å². The van der Waals surface area contributed by atoms with E-state index in [4.69, 9.17) is 13.9 Å². The van der Waals surface area contributed by atoms with Gasteiger partial charge in [0.05, 0.1) is 20.3 Å². The van der Waals surface area contributed by atoms with Gasteiger partial charge in [0.25, 0.3) is 5.88 Å².